The summed E-state index contributed by atoms with van der Waals surface area (Å²) in [5.41, 5.74) is 2.04. The first-order valence-corrected chi connectivity index (χ1v) is 6.91. The van der Waals surface area contributed by atoms with Gasteiger partial charge >= 0.3 is 0 Å². The van der Waals surface area contributed by atoms with E-state index in [0.717, 1.165) is 5.56 Å². The van der Waals surface area contributed by atoms with E-state index in [4.69, 9.17) is 0 Å². The predicted octanol–water partition coefficient (Wildman–Crippen LogP) is 4.28. The summed E-state index contributed by atoms with van der Waals surface area (Å²) in [6.07, 6.45) is 0. The van der Waals surface area contributed by atoms with E-state index in [-0.39, 0.29) is 17.6 Å². The van der Waals surface area contributed by atoms with Gasteiger partial charge in [-0.3, -0.25) is 4.79 Å². The molecule has 0 aliphatic heterocycles. The summed E-state index contributed by atoms with van der Waals surface area (Å²) in [5.74, 6) is 0.0148. The van der Waals surface area contributed by atoms with Gasteiger partial charge in [0.2, 0.25) is 0 Å². The molecule has 0 aromatic heterocycles. The van der Waals surface area contributed by atoms with Crippen LogP contribution in [0.15, 0.2) is 24.3 Å². The number of Topliss-reactive ketones (excluding diaryl/α,β-unsaturated/α-hetero) is 1. The van der Waals surface area contributed by atoms with E-state index in [1.54, 1.807) is 0 Å². The highest BCUT2D eigenvalue weighted by Gasteiger charge is 2.27. The van der Waals surface area contributed by atoms with Gasteiger partial charge in [-0.25, -0.2) is 0 Å². The minimum absolute atomic E-state index is 0.0230. The number of rotatable bonds is 5. The average molecular weight is 257 g/mol. The molecule has 2 nitrogen and oxygen atoms in total. The zero-order valence-electron chi connectivity index (χ0n) is 12.5. The number of carbonyl (C=O) groups is 1. The molecule has 2 atom stereocenters. The Kier molecular flexibility index (Phi) is 5.30. The SMILES string of the molecule is CC(C)c1ccc(C(C#N)C(=O)C(C)C(C)C)cc1. The van der Waals surface area contributed by atoms with Gasteiger partial charge in [0, 0.05) is 5.92 Å². The fraction of sp³-hybridized carbons (Fsp3) is 0.529. The van der Waals surface area contributed by atoms with Crippen LogP contribution in [0.1, 0.15) is 57.6 Å². The summed E-state index contributed by atoms with van der Waals surface area (Å²) < 4.78 is 0. The number of hydrogen-bond donors (Lipinski definition) is 0. The van der Waals surface area contributed by atoms with Crippen LogP contribution >= 0.6 is 0 Å². The first-order chi connectivity index (χ1) is 8.88. The van der Waals surface area contributed by atoms with Crippen molar-refractivity contribution in [1.29, 1.82) is 5.26 Å². The van der Waals surface area contributed by atoms with Crippen LogP contribution in [0.4, 0.5) is 0 Å². The molecule has 0 saturated heterocycles. The van der Waals surface area contributed by atoms with Crippen molar-refractivity contribution < 1.29 is 4.79 Å². The standard InChI is InChI=1S/C17H23NO/c1-11(2)13(5)17(19)16(10-18)15-8-6-14(7-9-15)12(3)4/h6-9,11-13,16H,1-5H3. The molecular weight excluding hydrogens is 234 g/mol. The molecule has 0 spiro atoms. The van der Waals surface area contributed by atoms with Crippen molar-refractivity contribution in [3.8, 4) is 6.07 Å². The van der Waals surface area contributed by atoms with Crippen molar-refractivity contribution in [3.63, 3.8) is 0 Å². The van der Waals surface area contributed by atoms with Crippen molar-refractivity contribution in [2.75, 3.05) is 0 Å². The van der Waals surface area contributed by atoms with Gasteiger partial charge in [0.25, 0.3) is 0 Å². The van der Waals surface area contributed by atoms with Crippen LogP contribution in [0.25, 0.3) is 0 Å². The molecule has 1 aromatic rings. The van der Waals surface area contributed by atoms with E-state index in [1.807, 2.05) is 45.0 Å². The third-order valence-corrected chi connectivity index (χ3v) is 3.80. The third-order valence-electron chi connectivity index (χ3n) is 3.80. The van der Waals surface area contributed by atoms with Gasteiger partial charge in [0.15, 0.2) is 5.78 Å². The molecule has 2 heteroatoms. The summed E-state index contributed by atoms with van der Waals surface area (Å²) in [7, 11) is 0. The maximum atomic E-state index is 12.3. The lowest BCUT2D eigenvalue weighted by Crippen LogP contribution is -2.23. The van der Waals surface area contributed by atoms with Crippen molar-refractivity contribution in [2.45, 2.75) is 46.5 Å². The molecule has 0 N–H and O–H groups in total. The summed E-state index contributed by atoms with van der Waals surface area (Å²) >= 11 is 0. The van der Waals surface area contributed by atoms with Crippen molar-refractivity contribution in [3.05, 3.63) is 35.4 Å². The van der Waals surface area contributed by atoms with Crippen LogP contribution in [0, 0.1) is 23.2 Å². The molecule has 0 aliphatic rings. The van der Waals surface area contributed by atoms with E-state index in [2.05, 4.69) is 19.9 Å². The van der Waals surface area contributed by atoms with Crippen LogP contribution in [0.3, 0.4) is 0 Å². The largest absolute Gasteiger partial charge is 0.298 e. The molecule has 0 amide bonds. The molecule has 19 heavy (non-hydrogen) atoms. The van der Waals surface area contributed by atoms with Crippen LogP contribution in [-0.2, 0) is 4.79 Å². The van der Waals surface area contributed by atoms with E-state index in [1.165, 1.54) is 5.56 Å². The van der Waals surface area contributed by atoms with Gasteiger partial charge in [0.05, 0.1) is 6.07 Å². The number of nitriles is 1. The Hall–Kier alpha value is -1.62. The monoisotopic (exact) mass is 257 g/mol. The molecule has 0 aliphatic carbocycles. The fourth-order valence-electron chi connectivity index (χ4n) is 1.97. The van der Waals surface area contributed by atoms with Crippen molar-refractivity contribution in [2.24, 2.45) is 11.8 Å². The maximum absolute atomic E-state index is 12.3. The van der Waals surface area contributed by atoms with Crippen LogP contribution < -0.4 is 0 Å². The summed E-state index contributed by atoms with van der Waals surface area (Å²) in [5, 5.41) is 9.29. The normalized spacial score (nSPS) is 14.2. The molecule has 0 fully saturated rings. The Morgan fingerprint density at radius 3 is 1.84 bits per heavy atom. The Bertz CT molecular complexity index is 465. The number of hydrogen-bond acceptors (Lipinski definition) is 2. The lowest BCUT2D eigenvalue weighted by atomic mass is 9.83. The van der Waals surface area contributed by atoms with Crippen molar-refractivity contribution in [1.82, 2.24) is 0 Å². The zero-order valence-corrected chi connectivity index (χ0v) is 12.5. The highest BCUT2D eigenvalue weighted by Crippen LogP contribution is 2.25. The van der Waals surface area contributed by atoms with E-state index in [0.29, 0.717) is 5.92 Å². The highest BCUT2D eigenvalue weighted by atomic mass is 16.1. The maximum Gasteiger partial charge on any atom is 0.157 e. The van der Waals surface area contributed by atoms with E-state index < -0.39 is 5.92 Å². The third kappa shape index (κ3) is 3.67. The molecule has 0 saturated carbocycles. The molecule has 1 aromatic carbocycles. The highest BCUT2D eigenvalue weighted by molar-refractivity contribution is 5.90. The Labute approximate surface area is 116 Å². The van der Waals surface area contributed by atoms with E-state index >= 15 is 0 Å². The van der Waals surface area contributed by atoms with Crippen LogP contribution in [-0.4, -0.2) is 5.78 Å². The van der Waals surface area contributed by atoms with Gasteiger partial charge < -0.3 is 0 Å². The lowest BCUT2D eigenvalue weighted by molar-refractivity contribution is -0.123. The summed E-state index contributed by atoms with van der Waals surface area (Å²) in [6.45, 7) is 10.2. The molecule has 102 valence electrons. The Morgan fingerprint density at radius 1 is 1.00 bits per heavy atom. The summed E-state index contributed by atoms with van der Waals surface area (Å²) in [4.78, 5) is 12.3. The Balaban J connectivity index is 2.98. The number of carbonyl (C=O) groups excluding carboxylic acids is 1. The molecule has 1 rings (SSSR count). The fourth-order valence-corrected chi connectivity index (χ4v) is 1.97. The Morgan fingerprint density at radius 2 is 1.47 bits per heavy atom. The van der Waals surface area contributed by atoms with Gasteiger partial charge in [-0.05, 0) is 23.0 Å². The van der Waals surface area contributed by atoms with Crippen LogP contribution in [0.5, 0.6) is 0 Å². The molecule has 0 radical (unpaired) electrons. The van der Waals surface area contributed by atoms with Crippen molar-refractivity contribution >= 4 is 5.78 Å². The topological polar surface area (TPSA) is 40.9 Å². The van der Waals surface area contributed by atoms with Gasteiger partial charge in [-0.15, -0.1) is 0 Å². The zero-order chi connectivity index (χ0) is 14.6. The average Bonchev–Trinajstić information content (AvgIpc) is 2.38. The van der Waals surface area contributed by atoms with Gasteiger partial charge in [-0.2, -0.15) is 5.26 Å². The second-order valence-corrected chi connectivity index (χ2v) is 5.82. The first-order valence-electron chi connectivity index (χ1n) is 6.91. The molecule has 2 unspecified atom stereocenters. The quantitative estimate of drug-likeness (QED) is 0.790. The van der Waals surface area contributed by atoms with E-state index in [9.17, 15) is 10.1 Å². The summed E-state index contributed by atoms with van der Waals surface area (Å²) in [6, 6.07) is 10.00. The predicted molar refractivity (Wildman–Crippen MR) is 77.9 cm³/mol. The molecule has 0 heterocycles. The number of ketones is 1. The van der Waals surface area contributed by atoms with Gasteiger partial charge in [-0.1, -0.05) is 58.9 Å². The first kappa shape index (κ1) is 15.4. The number of nitrogens with zero attached hydrogens (tertiary/aromatic N) is 1. The lowest BCUT2D eigenvalue weighted by Gasteiger charge is -2.18. The second-order valence-electron chi connectivity index (χ2n) is 5.82. The number of benzene rings is 1. The smallest absolute Gasteiger partial charge is 0.157 e. The second kappa shape index (κ2) is 6.52. The van der Waals surface area contributed by atoms with Gasteiger partial charge in [0.1, 0.15) is 5.92 Å². The minimum atomic E-state index is -0.640. The van der Waals surface area contributed by atoms with Crippen LogP contribution in [0.2, 0.25) is 0 Å². The molecular formula is C17H23NO. The molecule has 0 bridgehead atoms. The minimum Gasteiger partial charge on any atom is -0.298 e.